The van der Waals surface area contributed by atoms with Crippen LogP contribution in [0.2, 0.25) is 0 Å². The third-order valence-electron chi connectivity index (χ3n) is 3.95. The first-order valence-corrected chi connectivity index (χ1v) is 9.12. The largest absolute Gasteiger partial charge is 0.395 e. The van der Waals surface area contributed by atoms with Crippen LogP contribution >= 0.6 is 11.3 Å². The van der Waals surface area contributed by atoms with E-state index in [0.717, 1.165) is 44.4 Å². The van der Waals surface area contributed by atoms with Crippen LogP contribution in [0.25, 0.3) is 11.8 Å². The van der Waals surface area contributed by atoms with Gasteiger partial charge in [-0.15, -0.1) is 0 Å². The van der Waals surface area contributed by atoms with E-state index in [1.165, 1.54) is 0 Å². The van der Waals surface area contributed by atoms with Crippen molar-refractivity contribution in [2.24, 2.45) is 7.05 Å². The van der Waals surface area contributed by atoms with Gasteiger partial charge in [0.15, 0.2) is 5.13 Å². The molecule has 2 heterocycles. The Kier molecular flexibility index (Phi) is 6.39. The maximum Gasteiger partial charge on any atom is 0.186 e. The highest BCUT2D eigenvalue weighted by Crippen LogP contribution is 2.14. The number of nitrogens with one attached hydrogen (secondary N) is 1. The maximum atomic E-state index is 9.29. The highest BCUT2D eigenvalue weighted by molar-refractivity contribution is 7.13. The van der Waals surface area contributed by atoms with Gasteiger partial charge in [-0.3, -0.25) is 0 Å². The zero-order chi connectivity index (χ0) is 17.7. The van der Waals surface area contributed by atoms with E-state index in [-0.39, 0.29) is 6.61 Å². The lowest BCUT2D eigenvalue weighted by molar-refractivity contribution is 0.302. The summed E-state index contributed by atoms with van der Waals surface area (Å²) >= 11 is 1.67. The van der Waals surface area contributed by atoms with Gasteiger partial charge in [0.2, 0.25) is 0 Å². The fraction of sp³-hybridized carbons (Fsp3) is 0.529. The number of hydrogen-bond acceptors (Lipinski definition) is 6. The second kappa shape index (κ2) is 8.30. The van der Waals surface area contributed by atoms with E-state index in [1.54, 1.807) is 11.3 Å². The van der Waals surface area contributed by atoms with Gasteiger partial charge in [-0.1, -0.05) is 24.3 Å². The normalized spacial score (nSPS) is 14.8. The Morgan fingerprint density at radius 2 is 2.21 bits per heavy atom. The van der Waals surface area contributed by atoms with E-state index in [0.29, 0.717) is 6.54 Å². The zero-order valence-electron chi connectivity index (χ0n) is 15.1. The average Bonchev–Trinajstić information content (AvgIpc) is 3.15. The molecule has 0 fully saturated rings. The molecule has 2 aromatic rings. The van der Waals surface area contributed by atoms with E-state index < -0.39 is 0 Å². The van der Waals surface area contributed by atoms with Crippen LogP contribution in [0, 0.1) is 10.7 Å². The molecule has 24 heavy (non-hydrogen) atoms. The molecular formula is C17H27N5OS. The van der Waals surface area contributed by atoms with E-state index in [1.807, 2.05) is 31.9 Å². The number of rotatable bonds is 6. The molecule has 0 radical (unpaired) electrons. The molecule has 0 aliphatic rings. The topological polar surface area (TPSA) is 66.2 Å². The Morgan fingerprint density at radius 3 is 2.79 bits per heavy atom. The first-order valence-electron chi connectivity index (χ1n) is 8.30. The summed E-state index contributed by atoms with van der Waals surface area (Å²) in [7, 11) is 3.90. The summed E-state index contributed by atoms with van der Waals surface area (Å²) in [4.78, 5) is 11.5. The molecule has 132 valence electrons. The second-order valence-corrected chi connectivity index (χ2v) is 6.56. The number of hydrogen-bond donors (Lipinski definition) is 2. The van der Waals surface area contributed by atoms with Crippen molar-refractivity contribution >= 4 is 28.2 Å². The SMILES string of the molecule is CC\C=c1/sc(N(CC)CCO)n/c1=c1/c(=C(\C)NC)ncn1C. The molecule has 0 saturated carbocycles. The first kappa shape index (κ1) is 18.5. The molecule has 0 spiro atoms. The van der Waals surface area contributed by atoms with Gasteiger partial charge in [-0.25, -0.2) is 9.97 Å². The molecule has 2 N–H and O–H groups in total. The highest BCUT2D eigenvalue weighted by Gasteiger charge is 2.10. The van der Waals surface area contributed by atoms with Crippen LogP contribution in [-0.2, 0) is 7.05 Å². The van der Waals surface area contributed by atoms with Gasteiger partial charge >= 0.3 is 0 Å². The molecule has 2 rings (SSSR count). The van der Waals surface area contributed by atoms with Crippen molar-refractivity contribution in [3.8, 4) is 0 Å². The van der Waals surface area contributed by atoms with Gasteiger partial charge in [0.25, 0.3) is 0 Å². The third kappa shape index (κ3) is 3.62. The summed E-state index contributed by atoms with van der Waals surface area (Å²) in [5.74, 6) is 0. The van der Waals surface area contributed by atoms with E-state index >= 15 is 0 Å². The van der Waals surface area contributed by atoms with Crippen LogP contribution in [0.5, 0.6) is 0 Å². The number of likely N-dealkylation sites (N-methyl/N-ethyl adjacent to an activating group) is 1. The molecule has 0 unspecified atom stereocenters. The van der Waals surface area contributed by atoms with Crippen LogP contribution in [0.3, 0.4) is 0 Å². The zero-order valence-corrected chi connectivity index (χ0v) is 15.9. The Labute approximate surface area is 146 Å². The number of nitrogens with zero attached hydrogens (tertiary/aromatic N) is 4. The maximum absolute atomic E-state index is 9.29. The van der Waals surface area contributed by atoms with Gasteiger partial charge in [-0.2, -0.15) is 0 Å². The molecule has 0 aliphatic carbocycles. The Balaban J connectivity index is 2.93. The van der Waals surface area contributed by atoms with Crippen LogP contribution < -0.4 is 20.1 Å². The van der Waals surface area contributed by atoms with Crippen molar-refractivity contribution < 1.29 is 5.11 Å². The number of imidazole rings is 1. The number of anilines is 1. The number of thiazole rings is 1. The predicted octanol–water partition coefficient (Wildman–Crippen LogP) is 0.520. The minimum absolute atomic E-state index is 0.124. The molecule has 0 saturated heterocycles. The Hall–Kier alpha value is -1.86. The quantitative estimate of drug-likeness (QED) is 0.796. The van der Waals surface area contributed by atoms with E-state index in [9.17, 15) is 5.11 Å². The Morgan fingerprint density at radius 1 is 1.46 bits per heavy atom. The minimum Gasteiger partial charge on any atom is -0.395 e. The lowest BCUT2D eigenvalue weighted by atomic mass is 10.3. The molecule has 0 aromatic carbocycles. The fourth-order valence-electron chi connectivity index (χ4n) is 2.56. The van der Waals surface area contributed by atoms with E-state index in [4.69, 9.17) is 4.98 Å². The van der Waals surface area contributed by atoms with Crippen LogP contribution in [0.15, 0.2) is 6.33 Å². The summed E-state index contributed by atoms with van der Waals surface area (Å²) in [6, 6.07) is 0. The minimum atomic E-state index is 0.124. The molecule has 0 atom stereocenters. The summed E-state index contributed by atoms with van der Waals surface area (Å²) in [6.45, 7) is 7.76. The summed E-state index contributed by atoms with van der Waals surface area (Å²) in [6.07, 6.45) is 4.98. The molecule has 0 aliphatic heterocycles. The first-order chi connectivity index (χ1) is 11.6. The average molecular weight is 350 g/mol. The van der Waals surface area contributed by atoms with Crippen molar-refractivity contribution in [3.63, 3.8) is 0 Å². The Bertz CT molecular complexity index is 883. The van der Waals surface area contributed by atoms with Crippen LogP contribution in [-0.4, -0.2) is 46.4 Å². The number of aliphatic hydroxyl groups excluding tert-OH is 1. The summed E-state index contributed by atoms with van der Waals surface area (Å²) in [5.41, 5.74) is 1.02. The predicted molar refractivity (Wildman–Crippen MR) is 100 cm³/mol. The lowest BCUT2D eigenvalue weighted by Gasteiger charge is -2.17. The van der Waals surface area contributed by atoms with Crippen molar-refractivity contribution in [1.29, 1.82) is 0 Å². The molecule has 0 amide bonds. The number of aryl methyl sites for hydroxylation is 1. The number of aliphatic hydroxyl groups is 1. The highest BCUT2D eigenvalue weighted by atomic mass is 32.1. The molecule has 2 aromatic heterocycles. The van der Waals surface area contributed by atoms with E-state index in [2.05, 4.69) is 35.1 Å². The number of aromatic nitrogens is 3. The molecular weight excluding hydrogens is 322 g/mol. The molecule has 7 heteroatoms. The smallest absolute Gasteiger partial charge is 0.186 e. The van der Waals surface area contributed by atoms with Crippen molar-refractivity contribution in [2.45, 2.75) is 27.2 Å². The van der Waals surface area contributed by atoms with Gasteiger partial charge in [0, 0.05) is 32.9 Å². The van der Waals surface area contributed by atoms with Gasteiger partial charge in [0.05, 0.1) is 22.8 Å². The summed E-state index contributed by atoms with van der Waals surface area (Å²) in [5, 5.41) is 16.3. The van der Waals surface area contributed by atoms with Crippen molar-refractivity contribution in [2.75, 3.05) is 31.6 Å². The van der Waals surface area contributed by atoms with Crippen LogP contribution in [0.1, 0.15) is 27.2 Å². The van der Waals surface area contributed by atoms with Crippen molar-refractivity contribution in [3.05, 3.63) is 26.9 Å². The van der Waals surface area contributed by atoms with Crippen LogP contribution in [0.4, 0.5) is 5.13 Å². The standard InChI is InChI=1S/C17H27N5OS/c1-6-8-13-15(20-17(24-13)22(7-2)9-10-23)16-14(12(3)18-4)19-11-21(16)5/h8,11,18,23H,6-7,9-10H2,1-5H3/b13-8-,14-12-,16-15-. The summed E-state index contributed by atoms with van der Waals surface area (Å²) < 4.78 is 3.17. The van der Waals surface area contributed by atoms with Gasteiger partial charge in [-0.05, 0) is 20.3 Å². The third-order valence-corrected chi connectivity index (χ3v) is 5.06. The van der Waals surface area contributed by atoms with Gasteiger partial charge in [0.1, 0.15) is 10.7 Å². The molecule has 0 bridgehead atoms. The second-order valence-electron chi connectivity index (χ2n) is 5.55. The lowest BCUT2D eigenvalue weighted by Crippen LogP contribution is -2.25. The van der Waals surface area contributed by atoms with Gasteiger partial charge < -0.3 is 19.9 Å². The molecule has 6 nitrogen and oxygen atoms in total. The fourth-order valence-corrected chi connectivity index (χ4v) is 3.73. The van der Waals surface area contributed by atoms with Crippen molar-refractivity contribution in [1.82, 2.24) is 19.9 Å². The monoisotopic (exact) mass is 349 g/mol.